The van der Waals surface area contributed by atoms with Gasteiger partial charge in [0.1, 0.15) is 0 Å². The van der Waals surface area contributed by atoms with Crippen molar-refractivity contribution in [2.45, 2.75) is 38.1 Å². The van der Waals surface area contributed by atoms with Crippen LogP contribution < -0.4 is 11.5 Å². The highest BCUT2D eigenvalue weighted by Gasteiger charge is 2.28. The maximum atomic E-state index is 5.89. The quantitative estimate of drug-likeness (QED) is 0.800. The van der Waals surface area contributed by atoms with E-state index >= 15 is 0 Å². The highest BCUT2D eigenvalue weighted by Crippen LogP contribution is 2.37. The average Bonchev–Trinajstić information content (AvgIpc) is 2.39. The third-order valence-corrected chi connectivity index (χ3v) is 4.02. The van der Waals surface area contributed by atoms with E-state index < -0.39 is 0 Å². The summed E-state index contributed by atoms with van der Waals surface area (Å²) in [6.45, 7) is 4.51. The monoisotopic (exact) mass is 242 g/mol. The Balaban J connectivity index is 2.36. The number of nitrogens with two attached hydrogens (primary N) is 2. The fourth-order valence-corrected chi connectivity index (χ4v) is 2.47. The Morgan fingerprint density at radius 3 is 2.44 bits per heavy atom. The third kappa shape index (κ3) is 2.34. The predicted molar refractivity (Wildman–Crippen MR) is 78.3 cm³/mol. The smallest absolute Gasteiger partial charge is 0.0314 e. The van der Waals surface area contributed by atoms with Gasteiger partial charge in [0.05, 0.1) is 0 Å². The molecule has 0 amide bonds. The van der Waals surface area contributed by atoms with Crippen LogP contribution in [0.1, 0.15) is 32.3 Å². The molecule has 1 aromatic carbocycles. The summed E-state index contributed by atoms with van der Waals surface area (Å²) in [7, 11) is 0. The van der Waals surface area contributed by atoms with E-state index in [4.69, 9.17) is 11.5 Å². The van der Waals surface area contributed by atoms with E-state index in [1.165, 1.54) is 11.1 Å². The number of rotatable bonds is 3. The minimum absolute atomic E-state index is 0.0460. The molecule has 2 unspecified atom stereocenters. The molecule has 0 spiro atoms. The molecule has 0 saturated carbocycles. The molecule has 0 bridgehead atoms. The van der Waals surface area contributed by atoms with Crippen molar-refractivity contribution in [2.75, 3.05) is 5.73 Å². The van der Waals surface area contributed by atoms with Crippen LogP contribution in [0.4, 0.5) is 5.69 Å². The zero-order valence-corrected chi connectivity index (χ0v) is 11.2. The molecule has 2 nitrogen and oxygen atoms in total. The van der Waals surface area contributed by atoms with Crippen LogP contribution >= 0.6 is 0 Å². The topological polar surface area (TPSA) is 52.0 Å². The van der Waals surface area contributed by atoms with Gasteiger partial charge < -0.3 is 11.5 Å². The second-order valence-electron chi connectivity index (χ2n) is 5.23. The van der Waals surface area contributed by atoms with Crippen LogP contribution in [0.3, 0.4) is 0 Å². The molecule has 0 aromatic heterocycles. The fourth-order valence-electron chi connectivity index (χ4n) is 2.47. The van der Waals surface area contributed by atoms with Crippen LogP contribution in [0, 0.1) is 0 Å². The molecule has 0 fully saturated rings. The molecule has 0 saturated heterocycles. The minimum atomic E-state index is 0.0460. The predicted octanol–water partition coefficient (Wildman–Crippen LogP) is 3.15. The number of hydrogen-bond donors (Lipinski definition) is 2. The summed E-state index contributed by atoms with van der Waals surface area (Å²) in [5, 5.41) is 0. The Bertz CT molecular complexity index is 470. The average molecular weight is 242 g/mol. The molecular formula is C16H22N2. The van der Waals surface area contributed by atoms with E-state index in [2.05, 4.69) is 44.2 Å². The van der Waals surface area contributed by atoms with Crippen molar-refractivity contribution >= 4 is 5.69 Å². The number of anilines is 1. The van der Waals surface area contributed by atoms with Gasteiger partial charge in [-0.25, -0.2) is 0 Å². The minimum Gasteiger partial charge on any atom is -0.399 e. The van der Waals surface area contributed by atoms with E-state index in [-0.39, 0.29) is 11.5 Å². The van der Waals surface area contributed by atoms with Crippen LogP contribution in [-0.4, -0.2) is 6.04 Å². The molecule has 2 heteroatoms. The number of nitrogen functional groups attached to an aromatic ring is 1. The number of hydrogen-bond acceptors (Lipinski definition) is 2. The first-order chi connectivity index (χ1) is 8.56. The molecule has 18 heavy (non-hydrogen) atoms. The van der Waals surface area contributed by atoms with Gasteiger partial charge in [-0.05, 0) is 36.1 Å². The van der Waals surface area contributed by atoms with Gasteiger partial charge in [-0.1, -0.05) is 44.2 Å². The Hall–Kier alpha value is -1.54. The van der Waals surface area contributed by atoms with Gasteiger partial charge >= 0.3 is 0 Å². The van der Waals surface area contributed by atoms with Crippen molar-refractivity contribution in [1.82, 2.24) is 0 Å². The summed E-state index contributed by atoms with van der Waals surface area (Å²) in [6, 6.07) is 8.37. The highest BCUT2D eigenvalue weighted by atomic mass is 14.6. The fraction of sp³-hybridized carbons (Fsp3) is 0.375. The van der Waals surface area contributed by atoms with Gasteiger partial charge in [0.2, 0.25) is 0 Å². The van der Waals surface area contributed by atoms with E-state index in [9.17, 15) is 0 Å². The summed E-state index contributed by atoms with van der Waals surface area (Å²) in [5.74, 6) is 0. The second-order valence-corrected chi connectivity index (χ2v) is 5.23. The molecular weight excluding hydrogens is 220 g/mol. The maximum Gasteiger partial charge on any atom is 0.0314 e. The van der Waals surface area contributed by atoms with Gasteiger partial charge in [-0.3, -0.25) is 0 Å². The Kier molecular flexibility index (Phi) is 3.58. The second kappa shape index (κ2) is 4.99. The Morgan fingerprint density at radius 2 is 1.94 bits per heavy atom. The van der Waals surface area contributed by atoms with Gasteiger partial charge in [-0.15, -0.1) is 0 Å². The van der Waals surface area contributed by atoms with Gasteiger partial charge in [0.15, 0.2) is 0 Å². The van der Waals surface area contributed by atoms with Crippen molar-refractivity contribution in [3.63, 3.8) is 0 Å². The lowest BCUT2D eigenvalue weighted by Crippen LogP contribution is -2.26. The first-order valence-corrected chi connectivity index (χ1v) is 6.56. The number of allylic oxidation sites excluding steroid dienone is 2. The molecule has 2 rings (SSSR count). The number of benzene rings is 1. The van der Waals surface area contributed by atoms with Crippen molar-refractivity contribution in [1.29, 1.82) is 0 Å². The zero-order chi connectivity index (χ0) is 13.2. The lowest BCUT2D eigenvalue weighted by Gasteiger charge is -2.32. The summed E-state index contributed by atoms with van der Waals surface area (Å²) < 4.78 is 0. The summed E-state index contributed by atoms with van der Waals surface area (Å²) in [4.78, 5) is 0. The normalized spacial score (nSPS) is 22.4. The first kappa shape index (κ1) is 12.9. The van der Waals surface area contributed by atoms with E-state index in [1.807, 2.05) is 12.1 Å². The molecule has 0 aliphatic heterocycles. The molecule has 2 atom stereocenters. The van der Waals surface area contributed by atoms with Crippen molar-refractivity contribution in [3.8, 4) is 0 Å². The molecule has 0 radical (unpaired) electrons. The van der Waals surface area contributed by atoms with Crippen LogP contribution in [0.5, 0.6) is 0 Å². The van der Waals surface area contributed by atoms with Crippen LogP contribution in [0.25, 0.3) is 0 Å². The van der Waals surface area contributed by atoms with Crippen molar-refractivity contribution in [2.24, 2.45) is 5.73 Å². The van der Waals surface area contributed by atoms with Gasteiger partial charge in [0, 0.05) is 17.1 Å². The molecule has 1 aromatic rings. The van der Waals surface area contributed by atoms with Crippen LogP contribution in [-0.2, 0) is 5.41 Å². The van der Waals surface area contributed by atoms with Crippen molar-refractivity contribution < 1.29 is 0 Å². The van der Waals surface area contributed by atoms with Crippen LogP contribution in [0.15, 0.2) is 48.1 Å². The SMILES string of the molecule is CCC(C)(C1=CCC(N)C=C1)c1ccc(N)cc1. The highest BCUT2D eigenvalue weighted by molar-refractivity contribution is 5.47. The van der Waals surface area contributed by atoms with E-state index in [0.29, 0.717) is 0 Å². The lowest BCUT2D eigenvalue weighted by molar-refractivity contribution is 0.541. The molecule has 0 heterocycles. The standard InChI is InChI=1S/C16H22N2/c1-3-16(2,12-4-8-14(17)9-5-12)13-6-10-15(18)11-7-13/h4-10,15H,3,11,17-18H2,1-2H3. The van der Waals surface area contributed by atoms with Gasteiger partial charge in [-0.2, -0.15) is 0 Å². The lowest BCUT2D eigenvalue weighted by atomic mass is 9.72. The molecule has 96 valence electrons. The van der Waals surface area contributed by atoms with Crippen LogP contribution in [0.2, 0.25) is 0 Å². The molecule has 1 aliphatic rings. The Labute approximate surface area is 109 Å². The third-order valence-electron chi connectivity index (χ3n) is 4.02. The summed E-state index contributed by atoms with van der Waals surface area (Å²) in [6.07, 6.45) is 8.53. The Morgan fingerprint density at radius 1 is 1.28 bits per heavy atom. The van der Waals surface area contributed by atoms with E-state index in [1.54, 1.807) is 0 Å². The maximum absolute atomic E-state index is 5.89. The zero-order valence-electron chi connectivity index (χ0n) is 11.2. The van der Waals surface area contributed by atoms with Crippen molar-refractivity contribution in [3.05, 3.63) is 53.6 Å². The largest absolute Gasteiger partial charge is 0.399 e. The summed E-state index contributed by atoms with van der Waals surface area (Å²) in [5.41, 5.74) is 15.2. The molecule has 4 N–H and O–H groups in total. The van der Waals surface area contributed by atoms with E-state index in [0.717, 1.165) is 18.5 Å². The first-order valence-electron chi connectivity index (χ1n) is 6.56. The molecule has 1 aliphatic carbocycles. The van der Waals surface area contributed by atoms with Gasteiger partial charge in [0.25, 0.3) is 0 Å². The summed E-state index contributed by atoms with van der Waals surface area (Å²) >= 11 is 0.